The molecule has 18 heavy (non-hydrogen) atoms. The van der Waals surface area contributed by atoms with Crippen molar-refractivity contribution in [3.63, 3.8) is 0 Å². The van der Waals surface area contributed by atoms with Crippen LogP contribution in [0.1, 0.15) is 21.5 Å². The average Bonchev–Trinajstić information content (AvgIpc) is 2.91. The van der Waals surface area contributed by atoms with E-state index in [4.69, 9.17) is 0 Å². The van der Waals surface area contributed by atoms with Crippen LogP contribution in [0.15, 0.2) is 30.5 Å². The molecule has 0 unspecified atom stereocenters. The molecule has 92 valence electrons. The van der Waals surface area contributed by atoms with E-state index in [2.05, 4.69) is 20.8 Å². The first-order valence-electron chi connectivity index (χ1n) is 5.96. The van der Waals surface area contributed by atoms with E-state index in [0.717, 1.165) is 19.5 Å². The average molecular weight is 242 g/mol. The fourth-order valence-electron chi connectivity index (χ4n) is 2.14. The maximum absolute atomic E-state index is 12.0. The van der Waals surface area contributed by atoms with Crippen molar-refractivity contribution < 1.29 is 4.79 Å². The number of hydrogen-bond donors (Lipinski definition) is 3. The number of anilines is 1. The number of nitrogens with zero attached hydrogens (tertiary/aromatic N) is 1. The molecule has 0 fully saturated rings. The van der Waals surface area contributed by atoms with Gasteiger partial charge in [0, 0.05) is 18.2 Å². The van der Waals surface area contributed by atoms with Gasteiger partial charge in [0.2, 0.25) is 0 Å². The Morgan fingerprint density at radius 2 is 2.22 bits per heavy atom. The van der Waals surface area contributed by atoms with Crippen molar-refractivity contribution in [3.05, 3.63) is 47.2 Å². The van der Waals surface area contributed by atoms with Gasteiger partial charge in [-0.05, 0) is 36.2 Å². The molecule has 0 bridgehead atoms. The molecule has 0 spiro atoms. The van der Waals surface area contributed by atoms with E-state index in [1.165, 1.54) is 11.1 Å². The van der Waals surface area contributed by atoms with E-state index >= 15 is 0 Å². The number of carbonyl (C=O) groups excluding carboxylic acids is 1. The molecular formula is C13H14N4O. The number of benzene rings is 1. The summed E-state index contributed by atoms with van der Waals surface area (Å²) in [4.78, 5) is 12.0. The molecule has 2 aromatic rings. The molecule has 0 saturated heterocycles. The lowest BCUT2D eigenvalue weighted by Crippen LogP contribution is -2.24. The maximum Gasteiger partial charge on any atom is 0.256 e. The molecule has 0 atom stereocenters. The van der Waals surface area contributed by atoms with Crippen LogP contribution in [0, 0.1) is 0 Å². The van der Waals surface area contributed by atoms with Gasteiger partial charge in [0.25, 0.3) is 5.91 Å². The van der Waals surface area contributed by atoms with Gasteiger partial charge in [0.05, 0.1) is 6.20 Å². The predicted molar refractivity (Wildman–Crippen MR) is 68.4 cm³/mol. The lowest BCUT2D eigenvalue weighted by molar-refractivity contribution is 0.102. The van der Waals surface area contributed by atoms with E-state index < -0.39 is 0 Å². The fraction of sp³-hybridized carbons (Fsp3) is 0.231. The molecule has 1 aromatic heterocycles. The van der Waals surface area contributed by atoms with Crippen molar-refractivity contribution in [2.24, 2.45) is 0 Å². The van der Waals surface area contributed by atoms with Crippen LogP contribution in [0.3, 0.4) is 0 Å². The maximum atomic E-state index is 12.0. The number of fused-ring (bicyclic) bond motifs is 1. The van der Waals surface area contributed by atoms with Crippen LogP contribution < -0.4 is 10.6 Å². The molecule has 0 aliphatic carbocycles. The van der Waals surface area contributed by atoms with E-state index in [-0.39, 0.29) is 5.91 Å². The number of carbonyl (C=O) groups is 1. The summed E-state index contributed by atoms with van der Waals surface area (Å²) in [5.74, 6) is 0.500. The summed E-state index contributed by atoms with van der Waals surface area (Å²) >= 11 is 0. The second-order valence-electron chi connectivity index (χ2n) is 4.33. The van der Waals surface area contributed by atoms with Crippen molar-refractivity contribution >= 4 is 11.7 Å². The van der Waals surface area contributed by atoms with E-state index in [9.17, 15) is 4.79 Å². The highest BCUT2D eigenvalue weighted by atomic mass is 16.1. The molecule has 1 aliphatic heterocycles. The van der Waals surface area contributed by atoms with E-state index in [1.807, 2.05) is 18.2 Å². The summed E-state index contributed by atoms with van der Waals surface area (Å²) in [5.41, 5.74) is 3.22. The first-order chi connectivity index (χ1) is 8.83. The van der Waals surface area contributed by atoms with Crippen LogP contribution in [0.25, 0.3) is 0 Å². The quantitative estimate of drug-likeness (QED) is 0.743. The number of rotatable bonds is 2. The van der Waals surface area contributed by atoms with Crippen LogP contribution in [0.2, 0.25) is 0 Å². The Labute approximate surface area is 105 Å². The number of amides is 1. The zero-order valence-electron chi connectivity index (χ0n) is 9.86. The fourth-order valence-corrected chi connectivity index (χ4v) is 2.14. The van der Waals surface area contributed by atoms with Crippen LogP contribution >= 0.6 is 0 Å². The number of aromatic amines is 1. The van der Waals surface area contributed by atoms with E-state index in [1.54, 1.807) is 12.3 Å². The van der Waals surface area contributed by atoms with Gasteiger partial charge < -0.3 is 10.6 Å². The highest BCUT2D eigenvalue weighted by Crippen LogP contribution is 2.16. The Morgan fingerprint density at radius 3 is 3.06 bits per heavy atom. The van der Waals surface area contributed by atoms with Crippen molar-refractivity contribution in [1.82, 2.24) is 15.5 Å². The lowest BCUT2D eigenvalue weighted by atomic mass is 9.98. The largest absolute Gasteiger partial charge is 0.312 e. The molecule has 2 heterocycles. The van der Waals surface area contributed by atoms with Gasteiger partial charge in [-0.2, -0.15) is 5.10 Å². The summed E-state index contributed by atoms with van der Waals surface area (Å²) < 4.78 is 0. The van der Waals surface area contributed by atoms with Crippen molar-refractivity contribution in [2.45, 2.75) is 13.0 Å². The summed E-state index contributed by atoms with van der Waals surface area (Å²) in [7, 11) is 0. The highest BCUT2D eigenvalue weighted by molar-refractivity contribution is 6.03. The first kappa shape index (κ1) is 11.0. The second kappa shape index (κ2) is 4.62. The summed E-state index contributed by atoms with van der Waals surface area (Å²) in [6, 6.07) is 7.57. The van der Waals surface area contributed by atoms with Crippen LogP contribution in [0.5, 0.6) is 0 Å². The van der Waals surface area contributed by atoms with E-state index in [0.29, 0.717) is 11.4 Å². The zero-order chi connectivity index (χ0) is 12.4. The number of H-pyrrole nitrogens is 1. The number of hydrogen-bond acceptors (Lipinski definition) is 3. The number of aromatic nitrogens is 2. The molecule has 1 aromatic carbocycles. The van der Waals surface area contributed by atoms with Gasteiger partial charge in [-0.15, -0.1) is 0 Å². The Balaban J connectivity index is 1.81. The second-order valence-corrected chi connectivity index (χ2v) is 4.33. The van der Waals surface area contributed by atoms with Gasteiger partial charge in [-0.25, -0.2) is 0 Å². The molecule has 1 amide bonds. The third-order valence-electron chi connectivity index (χ3n) is 3.10. The zero-order valence-corrected chi connectivity index (χ0v) is 9.86. The smallest absolute Gasteiger partial charge is 0.256 e. The molecule has 0 saturated carbocycles. The third kappa shape index (κ3) is 2.12. The lowest BCUT2D eigenvalue weighted by Gasteiger charge is -2.17. The molecular weight excluding hydrogens is 228 g/mol. The Hall–Kier alpha value is -2.14. The SMILES string of the molecule is O=C(Nc1ccn[nH]1)c1ccc2c(c1)CCNC2. The number of nitrogens with one attached hydrogen (secondary N) is 3. The van der Waals surface area contributed by atoms with Gasteiger partial charge in [0.1, 0.15) is 5.82 Å². The molecule has 5 heteroatoms. The summed E-state index contributed by atoms with van der Waals surface area (Å²) in [6.45, 7) is 1.86. The normalized spacial score (nSPS) is 14.0. The molecule has 3 rings (SSSR count). The monoisotopic (exact) mass is 242 g/mol. The summed E-state index contributed by atoms with van der Waals surface area (Å²) in [5, 5.41) is 12.6. The Morgan fingerprint density at radius 1 is 1.28 bits per heavy atom. The molecule has 5 nitrogen and oxygen atoms in total. The minimum atomic E-state index is -0.111. The Bertz CT molecular complexity index is 562. The van der Waals surface area contributed by atoms with Crippen molar-refractivity contribution in [2.75, 3.05) is 11.9 Å². The van der Waals surface area contributed by atoms with Gasteiger partial charge in [0.15, 0.2) is 0 Å². The predicted octanol–water partition coefficient (Wildman–Crippen LogP) is 1.31. The van der Waals surface area contributed by atoms with Gasteiger partial charge in [-0.3, -0.25) is 9.89 Å². The van der Waals surface area contributed by atoms with Gasteiger partial charge >= 0.3 is 0 Å². The van der Waals surface area contributed by atoms with Crippen LogP contribution in [-0.2, 0) is 13.0 Å². The molecule has 3 N–H and O–H groups in total. The van der Waals surface area contributed by atoms with Crippen molar-refractivity contribution in [1.29, 1.82) is 0 Å². The Kier molecular flexibility index (Phi) is 2.82. The van der Waals surface area contributed by atoms with Crippen molar-refractivity contribution in [3.8, 4) is 0 Å². The van der Waals surface area contributed by atoms with Crippen LogP contribution in [-0.4, -0.2) is 22.6 Å². The van der Waals surface area contributed by atoms with Crippen LogP contribution in [0.4, 0.5) is 5.82 Å². The minimum Gasteiger partial charge on any atom is -0.312 e. The summed E-state index contributed by atoms with van der Waals surface area (Å²) in [6.07, 6.45) is 2.58. The highest BCUT2D eigenvalue weighted by Gasteiger charge is 2.12. The third-order valence-corrected chi connectivity index (χ3v) is 3.10. The topological polar surface area (TPSA) is 69.8 Å². The first-order valence-corrected chi connectivity index (χ1v) is 5.96. The minimum absolute atomic E-state index is 0.111. The van der Waals surface area contributed by atoms with Gasteiger partial charge in [-0.1, -0.05) is 6.07 Å². The molecule has 0 radical (unpaired) electrons. The molecule has 1 aliphatic rings. The standard InChI is InChI=1S/C13H14N4O/c18-13(16-12-4-6-15-17-12)10-1-2-11-8-14-5-3-9(11)7-10/h1-2,4,6-7,14H,3,5,8H2,(H2,15,16,17,18).